The highest BCUT2D eigenvalue weighted by atomic mass is 79.9. The van der Waals surface area contributed by atoms with Gasteiger partial charge in [-0.3, -0.25) is 4.79 Å². The molecule has 1 aromatic carbocycles. The SMILES string of the molecule is COCc1nc(-c2ccc(OC(C)C)cc2)[nH]c(=O)c1Br. The van der Waals surface area contributed by atoms with Crippen molar-refractivity contribution >= 4 is 15.9 Å². The Morgan fingerprint density at radius 1 is 1.29 bits per heavy atom. The number of H-pyrrole nitrogens is 1. The van der Waals surface area contributed by atoms with Gasteiger partial charge in [-0.25, -0.2) is 4.98 Å². The van der Waals surface area contributed by atoms with E-state index in [9.17, 15) is 4.79 Å². The summed E-state index contributed by atoms with van der Waals surface area (Å²) in [4.78, 5) is 19.1. The van der Waals surface area contributed by atoms with Crippen LogP contribution < -0.4 is 10.3 Å². The summed E-state index contributed by atoms with van der Waals surface area (Å²) in [5.41, 5.74) is 1.15. The van der Waals surface area contributed by atoms with E-state index in [0.717, 1.165) is 11.3 Å². The Morgan fingerprint density at radius 2 is 1.95 bits per heavy atom. The maximum atomic E-state index is 11.9. The molecule has 1 aromatic heterocycles. The van der Waals surface area contributed by atoms with E-state index >= 15 is 0 Å². The van der Waals surface area contributed by atoms with Gasteiger partial charge >= 0.3 is 0 Å². The lowest BCUT2D eigenvalue weighted by Gasteiger charge is -2.10. The average molecular weight is 353 g/mol. The smallest absolute Gasteiger partial charge is 0.265 e. The molecule has 21 heavy (non-hydrogen) atoms. The molecule has 0 saturated heterocycles. The normalized spacial score (nSPS) is 10.9. The molecule has 112 valence electrons. The summed E-state index contributed by atoms with van der Waals surface area (Å²) in [6, 6.07) is 7.43. The molecule has 2 aromatic rings. The molecule has 0 aliphatic heterocycles. The quantitative estimate of drug-likeness (QED) is 0.897. The van der Waals surface area contributed by atoms with Gasteiger partial charge in [0.2, 0.25) is 0 Å². The summed E-state index contributed by atoms with van der Waals surface area (Å²) in [6.07, 6.45) is 0.120. The lowest BCUT2D eigenvalue weighted by atomic mass is 10.2. The minimum absolute atomic E-state index is 0.120. The summed E-state index contributed by atoms with van der Waals surface area (Å²) in [5.74, 6) is 1.29. The fourth-order valence-electron chi connectivity index (χ4n) is 1.84. The zero-order chi connectivity index (χ0) is 15.4. The molecule has 5 nitrogen and oxygen atoms in total. The van der Waals surface area contributed by atoms with Gasteiger partial charge in [0.15, 0.2) is 0 Å². The number of nitrogens with zero attached hydrogens (tertiary/aromatic N) is 1. The van der Waals surface area contributed by atoms with Gasteiger partial charge in [0, 0.05) is 12.7 Å². The zero-order valence-electron chi connectivity index (χ0n) is 12.1. The molecule has 0 radical (unpaired) electrons. The Bertz CT molecular complexity index is 666. The predicted molar refractivity (Wildman–Crippen MR) is 84.5 cm³/mol. The Kier molecular flexibility index (Phi) is 5.14. The van der Waals surface area contributed by atoms with Crippen molar-refractivity contribution < 1.29 is 9.47 Å². The molecule has 0 unspecified atom stereocenters. The molecule has 1 heterocycles. The fraction of sp³-hybridized carbons (Fsp3) is 0.333. The second-order valence-electron chi connectivity index (χ2n) is 4.80. The second kappa shape index (κ2) is 6.87. The Hall–Kier alpha value is -1.66. The van der Waals surface area contributed by atoms with E-state index in [4.69, 9.17) is 9.47 Å². The summed E-state index contributed by atoms with van der Waals surface area (Å²) in [6.45, 7) is 4.21. The summed E-state index contributed by atoms with van der Waals surface area (Å²) in [5, 5.41) is 0. The van der Waals surface area contributed by atoms with Crippen molar-refractivity contribution in [3.8, 4) is 17.1 Å². The van der Waals surface area contributed by atoms with Gasteiger partial charge < -0.3 is 14.5 Å². The van der Waals surface area contributed by atoms with Crippen LogP contribution in [0.4, 0.5) is 0 Å². The van der Waals surface area contributed by atoms with Gasteiger partial charge in [-0.15, -0.1) is 0 Å². The van der Waals surface area contributed by atoms with Gasteiger partial charge in [0.25, 0.3) is 5.56 Å². The maximum Gasteiger partial charge on any atom is 0.265 e. The van der Waals surface area contributed by atoms with E-state index in [1.54, 1.807) is 7.11 Å². The highest BCUT2D eigenvalue weighted by Crippen LogP contribution is 2.21. The maximum absolute atomic E-state index is 11.9. The van der Waals surface area contributed by atoms with E-state index in [2.05, 4.69) is 25.9 Å². The van der Waals surface area contributed by atoms with Crippen molar-refractivity contribution in [3.05, 3.63) is 44.8 Å². The lowest BCUT2D eigenvalue weighted by Crippen LogP contribution is -2.14. The predicted octanol–water partition coefficient (Wildman–Crippen LogP) is 3.13. The molecule has 0 bridgehead atoms. The van der Waals surface area contributed by atoms with E-state index in [1.807, 2.05) is 38.1 Å². The van der Waals surface area contributed by atoms with Gasteiger partial charge in [-0.2, -0.15) is 0 Å². The van der Waals surface area contributed by atoms with Crippen LogP contribution in [0.25, 0.3) is 11.4 Å². The van der Waals surface area contributed by atoms with E-state index in [-0.39, 0.29) is 18.3 Å². The summed E-state index contributed by atoms with van der Waals surface area (Å²) in [7, 11) is 1.56. The summed E-state index contributed by atoms with van der Waals surface area (Å²) < 4.78 is 11.0. The van der Waals surface area contributed by atoms with Gasteiger partial charge in [-0.1, -0.05) is 0 Å². The Balaban J connectivity index is 2.35. The molecule has 0 amide bonds. The van der Waals surface area contributed by atoms with Crippen molar-refractivity contribution in [2.75, 3.05) is 7.11 Å². The highest BCUT2D eigenvalue weighted by molar-refractivity contribution is 9.10. The van der Waals surface area contributed by atoms with Crippen molar-refractivity contribution in [1.82, 2.24) is 9.97 Å². The van der Waals surface area contributed by atoms with Crippen molar-refractivity contribution in [3.63, 3.8) is 0 Å². The Morgan fingerprint density at radius 3 is 2.52 bits per heavy atom. The average Bonchev–Trinajstić information content (AvgIpc) is 2.44. The number of halogens is 1. The summed E-state index contributed by atoms with van der Waals surface area (Å²) >= 11 is 3.22. The number of rotatable bonds is 5. The third-order valence-corrected chi connectivity index (χ3v) is 3.53. The largest absolute Gasteiger partial charge is 0.491 e. The third kappa shape index (κ3) is 3.92. The molecule has 0 atom stereocenters. The van der Waals surface area contributed by atoms with Crippen LogP contribution in [0.5, 0.6) is 5.75 Å². The van der Waals surface area contributed by atoms with Crippen LogP contribution in [0.1, 0.15) is 19.5 Å². The number of aromatic nitrogens is 2. The van der Waals surface area contributed by atoms with E-state index in [1.165, 1.54) is 0 Å². The number of nitrogens with one attached hydrogen (secondary N) is 1. The number of aromatic amines is 1. The minimum Gasteiger partial charge on any atom is -0.491 e. The third-order valence-electron chi connectivity index (χ3n) is 2.71. The highest BCUT2D eigenvalue weighted by Gasteiger charge is 2.10. The first-order valence-corrected chi connectivity index (χ1v) is 7.35. The van der Waals surface area contributed by atoms with Gasteiger partial charge in [0.05, 0.1) is 18.4 Å². The molecular weight excluding hydrogens is 336 g/mol. The number of methoxy groups -OCH3 is 1. The lowest BCUT2D eigenvalue weighted by molar-refractivity contribution is 0.180. The fourth-order valence-corrected chi connectivity index (χ4v) is 2.14. The molecule has 0 aliphatic rings. The van der Waals surface area contributed by atoms with E-state index in [0.29, 0.717) is 16.0 Å². The van der Waals surface area contributed by atoms with Crippen LogP contribution >= 0.6 is 15.9 Å². The van der Waals surface area contributed by atoms with Crippen LogP contribution in [-0.2, 0) is 11.3 Å². The number of hydrogen-bond acceptors (Lipinski definition) is 4. The van der Waals surface area contributed by atoms with Gasteiger partial charge in [0.1, 0.15) is 16.0 Å². The molecule has 2 rings (SSSR count). The standard InChI is InChI=1S/C15H17BrN2O3/c1-9(2)21-11-6-4-10(5-7-11)14-17-12(8-20-3)13(16)15(19)18-14/h4-7,9H,8H2,1-3H3,(H,17,18,19). The topological polar surface area (TPSA) is 64.2 Å². The van der Waals surface area contributed by atoms with Crippen LogP contribution in [-0.4, -0.2) is 23.2 Å². The van der Waals surface area contributed by atoms with Crippen molar-refractivity contribution in [2.45, 2.75) is 26.6 Å². The van der Waals surface area contributed by atoms with Crippen molar-refractivity contribution in [1.29, 1.82) is 0 Å². The van der Waals surface area contributed by atoms with Gasteiger partial charge in [-0.05, 0) is 54.0 Å². The minimum atomic E-state index is -0.227. The molecule has 6 heteroatoms. The molecule has 1 N–H and O–H groups in total. The van der Waals surface area contributed by atoms with E-state index < -0.39 is 0 Å². The molecule has 0 spiro atoms. The van der Waals surface area contributed by atoms with Crippen molar-refractivity contribution in [2.24, 2.45) is 0 Å². The Labute approximate surface area is 131 Å². The molecular formula is C15H17BrN2O3. The van der Waals surface area contributed by atoms with Crippen LogP contribution in [0.3, 0.4) is 0 Å². The first-order valence-electron chi connectivity index (χ1n) is 6.56. The monoisotopic (exact) mass is 352 g/mol. The molecule has 0 saturated carbocycles. The number of benzene rings is 1. The second-order valence-corrected chi connectivity index (χ2v) is 5.59. The first kappa shape index (κ1) is 15.7. The number of ether oxygens (including phenoxy) is 2. The van der Waals surface area contributed by atoms with Crippen LogP contribution in [0.2, 0.25) is 0 Å². The number of hydrogen-bond donors (Lipinski definition) is 1. The van der Waals surface area contributed by atoms with Crippen LogP contribution in [0.15, 0.2) is 33.5 Å². The first-order chi connectivity index (χ1) is 10.0. The molecule has 0 aliphatic carbocycles. The van der Waals surface area contributed by atoms with Crippen LogP contribution in [0, 0.1) is 0 Å². The zero-order valence-corrected chi connectivity index (χ0v) is 13.7. The molecule has 0 fully saturated rings.